The SMILES string of the molecule is FC(F)(F)Cc1cc2c(NC3CCN(Cc4ccc5cc[nH]c5c4)CC3)ncnc2s1. The lowest BCUT2D eigenvalue weighted by atomic mass is 10.0. The van der Waals surface area contributed by atoms with E-state index in [-0.39, 0.29) is 10.9 Å². The van der Waals surface area contributed by atoms with E-state index >= 15 is 0 Å². The van der Waals surface area contributed by atoms with Crippen molar-refractivity contribution < 1.29 is 13.2 Å². The molecule has 1 aliphatic rings. The van der Waals surface area contributed by atoms with Crippen LogP contribution in [0.15, 0.2) is 42.9 Å². The number of piperidine rings is 1. The van der Waals surface area contributed by atoms with Gasteiger partial charge in [0, 0.05) is 42.3 Å². The number of fused-ring (bicyclic) bond motifs is 2. The van der Waals surface area contributed by atoms with Crippen molar-refractivity contribution in [2.75, 3.05) is 18.4 Å². The molecule has 1 aliphatic heterocycles. The van der Waals surface area contributed by atoms with Crippen molar-refractivity contribution in [3.63, 3.8) is 0 Å². The summed E-state index contributed by atoms with van der Waals surface area (Å²) in [4.78, 5) is 15.0. The van der Waals surface area contributed by atoms with Crippen molar-refractivity contribution in [2.24, 2.45) is 0 Å². The molecule has 9 heteroatoms. The van der Waals surface area contributed by atoms with Crippen LogP contribution in [-0.2, 0) is 13.0 Å². The molecule has 0 bridgehead atoms. The van der Waals surface area contributed by atoms with Crippen LogP contribution in [0.4, 0.5) is 19.0 Å². The summed E-state index contributed by atoms with van der Waals surface area (Å²) in [5.74, 6) is 0.630. The zero-order valence-corrected chi connectivity index (χ0v) is 17.6. The second-order valence-corrected chi connectivity index (χ2v) is 9.16. The summed E-state index contributed by atoms with van der Waals surface area (Å²) in [5.41, 5.74) is 2.44. The molecule has 5 nitrogen and oxygen atoms in total. The van der Waals surface area contributed by atoms with E-state index in [0.717, 1.165) is 49.3 Å². The number of halogens is 3. The van der Waals surface area contributed by atoms with Gasteiger partial charge < -0.3 is 10.3 Å². The second-order valence-electron chi connectivity index (χ2n) is 8.04. The Bertz CT molecular complexity index is 1190. The highest BCUT2D eigenvalue weighted by Crippen LogP contribution is 2.33. The standard InChI is InChI=1S/C22H22F3N5S/c23-22(24,25)11-17-10-18-20(27-13-28-21(18)31-17)29-16-4-7-30(8-5-16)12-14-1-2-15-3-6-26-19(15)9-14/h1-3,6,9-10,13,16,26H,4-5,7-8,11-12H2,(H,27,28,29). The monoisotopic (exact) mass is 445 g/mol. The number of alkyl halides is 3. The first-order valence-corrected chi connectivity index (χ1v) is 11.1. The van der Waals surface area contributed by atoms with Crippen molar-refractivity contribution in [2.45, 2.75) is 38.0 Å². The van der Waals surface area contributed by atoms with Crippen LogP contribution in [-0.4, -0.2) is 45.2 Å². The third-order valence-electron chi connectivity index (χ3n) is 5.71. The molecule has 0 saturated carbocycles. The summed E-state index contributed by atoms with van der Waals surface area (Å²) in [7, 11) is 0. The summed E-state index contributed by atoms with van der Waals surface area (Å²) < 4.78 is 38.2. The molecule has 1 saturated heterocycles. The quantitative estimate of drug-likeness (QED) is 0.435. The van der Waals surface area contributed by atoms with Gasteiger partial charge in [-0.05, 0) is 42.0 Å². The summed E-state index contributed by atoms with van der Waals surface area (Å²) in [5, 5.41) is 5.34. The van der Waals surface area contributed by atoms with E-state index in [1.54, 1.807) is 6.07 Å². The largest absolute Gasteiger partial charge is 0.393 e. The minimum atomic E-state index is -4.22. The first-order chi connectivity index (χ1) is 14.9. The van der Waals surface area contributed by atoms with E-state index in [9.17, 15) is 13.2 Å². The van der Waals surface area contributed by atoms with Crippen molar-refractivity contribution >= 4 is 38.3 Å². The Balaban J connectivity index is 1.21. The van der Waals surface area contributed by atoms with Crippen molar-refractivity contribution in [3.05, 3.63) is 53.3 Å². The van der Waals surface area contributed by atoms with Crippen LogP contribution in [0, 0.1) is 0 Å². The molecule has 2 N–H and O–H groups in total. The fourth-order valence-corrected chi connectivity index (χ4v) is 5.21. The molecular weight excluding hydrogens is 423 g/mol. The number of hydrogen-bond donors (Lipinski definition) is 2. The van der Waals surface area contributed by atoms with E-state index in [4.69, 9.17) is 0 Å². The molecule has 5 rings (SSSR count). The van der Waals surface area contributed by atoms with Crippen molar-refractivity contribution in [3.8, 4) is 0 Å². The molecule has 1 fully saturated rings. The normalized spacial score (nSPS) is 16.4. The smallest absolute Gasteiger partial charge is 0.367 e. The summed E-state index contributed by atoms with van der Waals surface area (Å²) in [6.45, 7) is 2.82. The average molecular weight is 446 g/mol. The highest BCUT2D eigenvalue weighted by Gasteiger charge is 2.29. The predicted octanol–water partition coefficient (Wildman–Crippen LogP) is 5.35. The number of aromatic amines is 1. The highest BCUT2D eigenvalue weighted by molar-refractivity contribution is 7.18. The third kappa shape index (κ3) is 4.67. The second kappa shape index (κ2) is 8.12. The van der Waals surface area contributed by atoms with Crippen LogP contribution in [0.5, 0.6) is 0 Å². The molecule has 0 aliphatic carbocycles. The maximum Gasteiger partial charge on any atom is 0.393 e. The van der Waals surface area contributed by atoms with Crippen LogP contribution in [0.25, 0.3) is 21.1 Å². The van der Waals surface area contributed by atoms with Gasteiger partial charge in [-0.1, -0.05) is 12.1 Å². The van der Waals surface area contributed by atoms with Crippen LogP contribution in [0.1, 0.15) is 23.3 Å². The van der Waals surface area contributed by atoms with Gasteiger partial charge >= 0.3 is 6.18 Å². The Hall–Kier alpha value is -2.65. The third-order valence-corrected chi connectivity index (χ3v) is 6.75. The van der Waals surface area contributed by atoms with E-state index in [1.807, 2.05) is 6.20 Å². The average Bonchev–Trinajstić information content (AvgIpc) is 3.34. The number of rotatable bonds is 5. The molecule has 0 spiro atoms. The molecule has 0 atom stereocenters. The van der Waals surface area contributed by atoms with Gasteiger partial charge in [-0.25, -0.2) is 9.97 Å². The summed E-state index contributed by atoms with van der Waals surface area (Å²) in [6, 6.07) is 10.4. The Kier molecular flexibility index (Phi) is 5.31. The Morgan fingerprint density at radius 1 is 1.13 bits per heavy atom. The number of benzene rings is 1. The predicted molar refractivity (Wildman–Crippen MR) is 117 cm³/mol. The number of anilines is 1. The maximum absolute atomic E-state index is 12.7. The molecule has 0 unspecified atom stereocenters. The van der Waals surface area contributed by atoms with E-state index in [0.29, 0.717) is 16.0 Å². The van der Waals surface area contributed by atoms with Crippen LogP contribution < -0.4 is 5.32 Å². The number of nitrogens with zero attached hydrogens (tertiary/aromatic N) is 3. The summed E-state index contributed by atoms with van der Waals surface area (Å²) >= 11 is 1.08. The van der Waals surface area contributed by atoms with Crippen LogP contribution in [0.3, 0.4) is 0 Å². The zero-order valence-electron chi connectivity index (χ0n) is 16.7. The van der Waals surface area contributed by atoms with E-state index in [2.05, 4.69) is 49.4 Å². The van der Waals surface area contributed by atoms with Gasteiger partial charge in [0.15, 0.2) is 0 Å². The Morgan fingerprint density at radius 2 is 1.97 bits per heavy atom. The van der Waals surface area contributed by atoms with Crippen LogP contribution in [0.2, 0.25) is 0 Å². The zero-order chi connectivity index (χ0) is 21.4. The van der Waals surface area contributed by atoms with Gasteiger partial charge in [0.1, 0.15) is 17.0 Å². The molecule has 1 aromatic carbocycles. The number of thiophene rings is 1. The van der Waals surface area contributed by atoms with Gasteiger partial charge in [0.2, 0.25) is 0 Å². The summed E-state index contributed by atoms with van der Waals surface area (Å²) in [6.07, 6.45) is 0.130. The molecule has 0 radical (unpaired) electrons. The van der Waals surface area contributed by atoms with Crippen LogP contribution >= 0.6 is 11.3 Å². The van der Waals surface area contributed by atoms with Gasteiger partial charge in [-0.2, -0.15) is 13.2 Å². The number of likely N-dealkylation sites (tertiary alicyclic amines) is 1. The fraction of sp³-hybridized carbons (Fsp3) is 0.364. The molecule has 0 amide bonds. The molecular formula is C22H22F3N5S. The number of hydrogen-bond acceptors (Lipinski definition) is 5. The topological polar surface area (TPSA) is 56.8 Å². The van der Waals surface area contributed by atoms with E-state index in [1.165, 1.54) is 17.3 Å². The van der Waals surface area contributed by atoms with Crippen molar-refractivity contribution in [1.82, 2.24) is 19.9 Å². The van der Waals surface area contributed by atoms with E-state index < -0.39 is 12.6 Å². The Labute approximate surface area is 181 Å². The highest BCUT2D eigenvalue weighted by atomic mass is 32.1. The number of H-pyrrole nitrogens is 1. The lowest BCUT2D eigenvalue weighted by molar-refractivity contribution is -0.126. The first-order valence-electron chi connectivity index (χ1n) is 10.3. The Morgan fingerprint density at radius 3 is 2.77 bits per heavy atom. The maximum atomic E-state index is 12.7. The molecule has 4 heterocycles. The lowest BCUT2D eigenvalue weighted by Crippen LogP contribution is -2.38. The fourth-order valence-electron chi connectivity index (χ4n) is 4.19. The number of aromatic nitrogens is 3. The minimum Gasteiger partial charge on any atom is -0.367 e. The minimum absolute atomic E-state index is 0.242. The molecule has 162 valence electrons. The number of nitrogens with one attached hydrogen (secondary N) is 2. The van der Waals surface area contributed by atoms with Gasteiger partial charge in [-0.3, -0.25) is 4.90 Å². The van der Waals surface area contributed by atoms with Gasteiger partial charge in [-0.15, -0.1) is 11.3 Å². The lowest BCUT2D eigenvalue weighted by Gasteiger charge is -2.32. The molecule has 31 heavy (non-hydrogen) atoms. The van der Waals surface area contributed by atoms with Crippen molar-refractivity contribution in [1.29, 1.82) is 0 Å². The molecule has 4 aromatic rings. The van der Waals surface area contributed by atoms with Gasteiger partial charge in [0.05, 0.1) is 11.8 Å². The molecule has 3 aromatic heterocycles. The first kappa shape index (κ1) is 20.3. The van der Waals surface area contributed by atoms with Gasteiger partial charge in [0.25, 0.3) is 0 Å².